The molecule has 162 valence electrons. The zero-order valence-electron chi connectivity index (χ0n) is 18.6. The molecule has 1 atom stereocenters. The molecule has 1 heterocycles. The Labute approximate surface area is 188 Å². The third-order valence-electron chi connectivity index (χ3n) is 6.54. The predicted octanol–water partition coefficient (Wildman–Crippen LogP) is 5.47. The summed E-state index contributed by atoms with van der Waals surface area (Å²) in [6.07, 6.45) is 2.38. The number of anilines is 1. The Morgan fingerprint density at radius 2 is 1.69 bits per heavy atom. The van der Waals surface area contributed by atoms with Crippen molar-refractivity contribution in [1.29, 1.82) is 0 Å². The van der Waals surface area contributed by atoms with Gasteiger partial charge in [-0.05, 0) is 42.3 Å². The van der Waals surface area contributed by atoms with Crippen LogP contribution in [0.5, 0.6) is 0 Å². The lowest BCUT2D eigenvalue weighted by molar-refractivity contribution is -0.116. The molecule has 1 aliphatic carbocycles. The minimum absolute atomic E-state index is 0.00525. The maximum absolute atomic E-state index is 12.9. The molecule has 0 bridgehead atoms. The van der Waals surface area contributed by atoms with Gasteiger partial charge in [0.15, 0.2) is 0 Å². The minimum atomic E-state index is -0.0186. The molecule has 5 heteroatoms. The molecule has 0 aliphatic heterocycles. The van der Waals surface area contributed by atoms with E-state index in [0.29, 0.717) is 12.3 Å². The van der Waals surface area contributed by atoms with Gasteiger partial charge in [0.1, 0.15) is 11.6 Å². The molecule has 0 spiro atoms. The van der Waals surface area contributed by atoms with Crippen LogP contribution in [0, 0.1) is 0 Å². The van der Waals surface area contributed by atoms with Crippen molar-refractivity contribution < 1.29 is 4.79 Å². The van der Waals surface area contributed by atoms with Crippen molar-refractivity contribution in [3.63, 3.8) is 0 Å². The molecule has 5 nitrogen and oxygen atoms in total. The number of aromatic nitrogens is 3. The number of nitrogens with zero attached hydrogens (tertiary/aromatic N) is 3. The average molecular weight is 425 g/mol. The maximum Gasteiger partial charge on any atom is 0.225 e. The summed E-state index contributed by atoms with van der Waals surface area (Å²) in [7, 11) is 0. The van der Waals surface area contributed by atoms with Gasteiger partial charge in [-0.2, -0.15) is 0 Å². The monoisotopic (exact) mass is 424 g/mol. The smallest absolute Gasteiger partial charge is 0.225 e. The van der Waals surface area contributed by atoms with Gasteiger partial charge in [0, 0.05) is 35.9 Å². The Morgan fingerprint density at radius 1 is 1.00 bits per heavy atom. The minimum Gasteiger partial charge on any atom is -0.325 e. The second-order valence-electron chi connectivity index (χ2n) is 8.71. The molecule has 1 N–H and O–H groups in total. The first kappa shape index (κ1) is 20.4. The summed E-state index contributed by atoms with van der Waals surface area (Å²) in [5, 5.41) is 14.4. The molecule has 1 aliphatic rings. The van der Waals surface area contributed by atoms with E-state index in [9.17, 15) is 4.79 Å². The lowest BCUT2D eigenvalue weighted by Gasteiger charge is -2.16. The van der Waals surface area contributed by atoms with Crippen molar-refractivity contribution in [2.24, 2.45) is 0 Å². The molecule has 0 saturated heterocycles. The highest BCUT2D eigenvalue weighted by atomic mass is 16.1. The Balaban J connectivity index is 1.31. The summed E-state index contributed by atoms with van der Waals surface area (Å²) in [6.45, 7) is 4.99. The van der Waals surface area contributed by atoms with E-state index in [0.717, 1.165) is 47.5 Å². The van der Waals surface area contributed by atoms with Gasteiger partial charge in [0.05, 0.1) is 0 Å². The Kier molecular flexibility index (Phi) is 5.48. The Morgan fingerprint density at radius 3 is 2.44 bits per heavy atom. The van der Waals surface area contributed by atoms with Crippen LogP contribution in [0.25, 0.3) is 10.8 Å². The molecule has 1 unspecified atom stereocenters. The quantitative estimate of drug-likeness (QED) is 0.447. The summed E-state index contributed by atoms with van der Waals surface area (Å²) in [5.74, 6) is 2.26. The predicted molar refractivity (Wildman–Crippen MR) is 128 cm³/mol. The van der Waals surface area contributed by atoms with Crippen LogP contribution in [0.15, 0.2) is 66.7 Å². The molecule has 5 rings (SSSR count). The van der Waals surface area contributed by atoms with E-state index < -0.39 is 0 Å². The van der Waals surface area contributed by atoms with Crippen molar-refractivity contribution in [2.45, 2.75) is 51.5 Å². The number of benzene rings is 3. The van der Waals surface area contributed by atoms with Crippen molar-refractivity contribution in [1.82, 2.24) is 14.8 Å². The van der Waals surface area contributed by atoms with Gasteiger partial charge in [0.2, 0.25) is 5.91 Å². The molecule has 0 radical (unpaired) electrons. The zero-order chi connectivity index (χ0) is 22.1. The highest BCUT2D eigenvalue weighted by Crippen LogP contribution is 2.34. The van der Waals surface area contributed by atoms with Crippen LogP contribution in [0.1, 0.15) is 54.9 Å². The average Bonchev–Trinajstić information content (AvgIpc) is 3.43. The number of hydrogen-bond donors (Lipinski definition) is 1. The van der Waals surface area contributed by atoms with Crippen LogP contribution in [0.4, 0.5) is 5.69 Å². The number of nitrogens with one attached hydrogen (secondary N) is 1. The first-order valence-electron chi connectivity index (χ1n) is 11.4. The van der Waals surface area contributed by atoms with Crippen molar-refractivity contribution in [3.05, 3.63) is 89.5 Å². The standard InChI is InChI=1S/C27H28N4O/c1-3-31-26(29-30-27(31)22-16-20-10-4-5-11-21(20)17-22)18(2)15-25(32)28-24-14-8-12-19-9-6-7-13-23(19)24/h4-14,18,22H,3,15-17H2,1-2H3,(H,28,32). The maximum atomic E-state index is 12.9. The first-order chi connectivity index (χ1) is 15.6. The van der Waals surface area contributed by atoms with Gasteiger partial charge in [0.25, 0.3) is 0 Å². The normalized spacial score (nSPS) is 14.4. The van der Waals surface area contributed by atoms with Gasteiger partial charge in [-0.3, -0.25) is 4.79 Å². The molecule has 1 amide bonds. The molecular formula is C27H28N4O. The lowest BCUT2D eigenvalue weighted by atomic mass is 10.0. The van der Waals surface area contributed by atoms with Gasteiger partial charge in [-0.15, -0.1) is 10.2 Å². The number of carbonyl (C=O) groups excluding carboxylic acids is 1. The van der Waals surface area contributed by atoms with Crippen LogP contribution < -0.4 is 5.32 Å². The molecule has 3 aromatic carbocycles. The summed E-state index contributed by atoms with van der Waals surface area (Å²) in [6, 6.07) is 22.7. The molecule has 32 heavy (non-hydrogen) atoms. The number of hydrogen-bond acceptors (Lipinski definition) is 3. The highest BCUT2D eigenvalue weighted by Gasteiger charge is 2.29. The summed E-state index contributed by atoms with van der Waals surface area (Å²) < 4.78 is 2.21. The van der Waals surface area contributed by atoms with Crippen LogP contribution >= 0.6 is 0 Å². The topological polar surface area (TPSA) is 59.8 Å². The Bertz CT molecular complexity index is 1250. The van der Waals surface area contributed by atoms with Crippen LogP contribution in [-0.2, 0) is 24.2 Å². The van der Waals surface area contributed by atoms with E-state index in [1.807, 2.05) is 30.3 Å². The van der Waals surface area contributed by atoms with E-state index in [1.165, 1.54) is 11.1 Å². The summed E-state index contributed by atoms with van der Waals surface area (Å²) >= 11 is 0. The van der Waals surface area contributed by atoms with Gasteiger partial charge in [-0.25, -0.2) is 0 Å². The van der Waals surface area contributed by atoms with Gasteiger partial charge in [-0.1, -0.05) is 67.6 Å². The third-order valence-corrected chi connectivity index (χ3v) is 6.54. The van der Waals surface area contributed by atoms with E-state index in [-0.39, 0.29) is 11.8 Å². The molecule has 1 aromatic heterocycles. The fourth-order valence-electron chi connectivity index (χ4n) is 4.96. The van der Waals surface area contributed by atoms with Crippen LogP contribution in [0.3, 0.4) is 0 Å². The molecule has 0 saturated carbocycles. The van der Waals surface area contributed by atoms with Gasteiger partial charge < -0.3 is 9.88 Å². The number of amides is 1. The van der Waals surface area contributed by atoms with E-state index in [1.54, 1.807) is 0 Å². The van der Waals surface area contributed by atoms with E-state index in [2.05, 4.69) is 70.3 Å². The highest BCUT2D eigenvalue weighted by molar-refractivity contribution is 6.02. The zero-order valence-corrected chi connectivity index (χ0v) is 18.6. The number of carbonyl (C=O) groups is 1. The Hall–Kier alpha value is -3.47. The fourth-order valence-corrected chi connectivity index (χ4v) is 4.96. The summed E-state index contributed by atoms with van der Waals surface area (Å²) in [4.78, 5) is 12.9. The van der Waals surface area contributed by atoms with E-state index in [4.69, 9.17) is 0 Å². The second-order valence-corrected chi connectivity index (χ2v) is 8.71. The van der Waals surface area contributed by atoms with Crippen molar-refractivity contribution in [2.75, 3.05) is 5.32 Å². The SMILES string of the molecule is CCn1c(C(C)CC(=O)Nc2cccc3ccccc23)nnc1C1Cc2ccccc2C1. The van der Waals surface area contributed by atoms with Crippen LogP contribution in [-0.4, -0.2) is 20.7 Å². The second kappa shape index (κ2) is 8.58. The van der Waals surface area contributed by atoms with Crippen molar-refractivity contribution in [3.8, 4) is 0 Å². The van der Waals surface area contributed by atoms with Crippen molar-refractivity contribution >= 4 is 22.4 Å². The fraction of sp³-hybridized carbons (Fsp3) is 0.296. The largest absolute Gasteiger partial charge is 0.325 e. The van der Waals surface area contributed by atoms with Gasteiger partial charge >= 0.3 is 0 Å². The number of rotatable bonds is 6. The van der Waals surface area contributed by atoms with E-state index >= 15 is 0 Å². The lowest BCUT2D eigenvalue weighted by Crippen LogP contribution is -2.18. The molecule has 4 aromatic rings. The molecule has 0 fully saturated rings. The first-order valence-corrected chi connectivity index (χ1v) is 11.4. The molecular weight excluding hydrogens is 396 g/mol. The summed E-state index contributed by atoms with van der Waals surface area (Å²) in [5.41, 5.74) is 3.67. The third kappa shape index (κ3) is 3.79. The number of fused-ring (bicyclic) bond motifs is 2. The van der Waals surface area contributed by atoms with Crippen LogP contribution in [0.2, 0.25) is 0 Å².